The Bertz CT molecular complexity index is 604. The van der Waals surface area contributed by atoms with Crippen molar-refractivity contribution in [1.29, 1.82) is 5.26 Å². The molecule has 1 aromatic carbocycles. The molecule has 5 nitrogen and oxygen atoms in total. The molecule has 1 amide bonds. The lowest BCUT2D eigenvalue weighted by molar-refractivity contribution is -0.125. The van der Waals surface area contributed by atoms with Gasteiger partial charge in [-0.2, -0.15) is 5.26 Å². The molecule has 2 N–H and O–H groups in total. The Morgan fingerprint density at radius 1 is 1.33 bits per heavy atom. The summed E-state index contributed by atoms with van der Waals surface area (Å²) >= 11 is 0. The third-order valence-corrected chi connectivity index (χ3v) is 5.11. The van der Waals surface area contributed by atoms with E-state index in [4.69, 9.17) is 5.26 Å². The topological polar surface area (TPSA) is 68.2 Å². The lowest BCUT2D eigenvalue weighted by Crippen LogP contribution is -2.40. The van der Waals surface area contributed by atoms with Gasteiger partial charge >= 0.3 is 0 Å². The van der Waals surface area contributed by atoms with Crippen molar-refractivity contribution in [3.8, 4) is 6.07 Å². The lowest BCUT2D eigenvalue weighted by Gasteiger charge is -2.22. The summed E-state index contributed by atoms with van der Waals surface area (Å²) in [6, 6.07) is 10.0. The van der Waals surface area contributed by atoms with Crippen LogP contribution in [-0.4, -0.2) is 43.5 Å². The SMILES string of the molecule is N#Cc1cccc(CN2CC[C@@H](CNC(=O)C3CCNCC3)C2)c1. The number of amides is 1. The Labute approximate surface area is 144 Å². The summed E-state index contributed by atoms with van der Waals surface area (Å²) in [4.78, 5) is 14.6. The van der Waals surface area contributed by atoms with Gasteiger partial charge in [0.05, 0.1) is 11.6 Å². The van der Waals surface area contributed by atoms with Gasteiger partial charge in [0.15, 0.2) is 0 Å². The highest BCUT2D eigenvalue weighted by Crippen LogP contribution is 2.19. The van der Waals surface area contributed by atoms with Crippen LogP contribution in [0.2, 0.25) is 0 Å². The van der Waals surface area contributed by atoms with Crippen LogP contribution >= 0.6 is 0 Å². The average Bonchev–Trinajstić information content (AvgIpc) is 3.08. The number of hydrogen-bond acceptors (Lipinski definition) is 4. The molecule has 1 atom stereocenters. The molecule has 1 aromatic rings. The van der Waals surface area contributed by atoms with E-state index in [1.54, 1.807) is 0 Å². The molecule has 2 aliphatic rings. The van der Waals surface area contributed by atoms with Gasteiger partial charge in [-0.1, -0.05) is 12.1 Å². The number of carbonyl (C=O) groups excluding carboxylic acids is 1. The minimum Gasteiger partial charge on any atom is -0.356 e. The van der Waals surface area contributed by atoms with Crippen LogP contribution in [0.1, 0.15) is 30.4 Å². The zero-order chi connectivity index (χ0) is 16.8. The Hall–Kier alpha value is -1.90. The third kappa shape index (κ3) is 4.56. The van der Waals surface area contributed by atoms with Crippen LogP contribution in [-0.2, 0) is 11.3 Å². The highest BCUT2D eigenvalue weighted by atomic mass is 16.1. The summed E-state index contributed by atoms with van der Waals surface area (Å²) in [6.45, 7) is 5.66. The number of hydrogen-bond donors (Lipinski definition) is 2. The molecular weight excluding hydrogens is 300 g/mol. The van der Waals surface area contributed by atoms with E-state index >= 15 is 0 Å². The first kappa shape index (κ1) is 16.9. The van der Waals surface area contributed by atoms with E-state index in [2.05, 4.69) is 27.7 Å². The standard InChI is InChI=1S/C19H26N4O/c20-11-15-2-1-3-16(10-15)13-23-9-6-17(14-23)12-22-19(24)18-4-7-21-8-5-18/h1-3,10,17-18,21H,4-9,12-14H2,(H,22,24)/t17-/m0/s1. The molecule has 0 bridgehead atoms. The van der Waals surface area contributed by atoms with Crippen molar-refractivity contribution >= 4 is 5.91 Å². The molecule has 2 aliphatic heterocycles. The maximum absolute atomic E-state index is 12.2. The largest absolute Gasteiger partial charge is 0.356 e. The van der Waals surface area contributed by atoms with E-state index in [9.17, 15) is 4.79 Å². The number of rotatable bonds is 5. The molecule has 2 saturated heterocycles. The normalized spacial score (nSPS) is 22.2. The summed E-state index contributed by atoms with van der Waals surface area (Å²) < 4.78 is 0. The van der Waals surface area contributed by atoms with Gasteiger partial charge in [0.2, 0.25) is 5.91 Å². The van der Waals surface area contributed by atoms with Gasteiger partial charge in [0.25, 0.3) is 0 Å². The monoisotopic (exact) mass is 326 g/mol. The molecule has 0 radical (unpaired) electrons. The molecular formula is C19H26N4O. The number of carbonyl (C=O) groups is 1. The molecule has 0 aliphatic carbocycles. The summed E-state index contributed by atoms with van der Waals surface area (Å²) in [5.74, 6) is 0.962. The highest BCUT2D eigenvalue weighted by Gasteiger charge is 2.25. The molecule has 2 heterocycles. The van der Waals surface area contributed by atoms with E-state index in [0.717, 1.165) is 64.1 Å². The van der Waals surface area contributed by atoms with Gasteiger partial charge in [0, 0.05) is 25.6 Å². The van der Waals surface area contributed by atoms with Crippen LogP contribution in [0.3, 0.4) is 0 Å². The molecule has 2 fully saturated rings. The summed E-state index contributed by atoms with van der Waals surface area (Å²) in [6.07, 6.45) is 3.04. The van der Waals surface area contributed by atoms with Crippen LogP contribution in [0.5, 0.6) is 0 Å². The average molecular weight is 326 g/mol. The van der Waals surface area contributed by atoms with Crippen molar-refractivity contribution in [1.82, 2.24) is 15.5 Å². The number of nitriles is 1. The smallest absolute Gasteiger partial charge is 0.223 e. The molecule has 0 unspecified atom stereocenters. The Balaban J connectivity index is 1.42. The second kappa shape index (κ2) is 8.27. The molecule has 0 aromatic heterocycles. The van der Waals surface area contributed by atoms with Crippen LogP contribution in [0.25, 0.3) is 0 Å². The first-order valence-electron chi connectivity index (χ1n) is 8.94. The van der Waals surface area contributed by atoms with Crippen molar-refractivity contribution in [3.05, 3.63) is 35.4 Å². The van der Waals surface area contributed by atoms with Crippen LogP contribution in [0.15, 0.2) is 24.3 Å². The van der Waals surface area contributed by atoms with E-state index in [1.807, 2.05) is 18.2 Å². The number of nitrogens with one attached hydrogen (secondary N) is 2. The van der Waals surface area contributed by atoms with Gasteiger partial charge < -0.3 is 10.6 Å². The zero-order valence-corrected chi connectivity index (χ0v) is 14.1. The van der Waals surface area contributed by atoms with Gasteiger partial charge in [-0.05, 0) is 62.5 Å². The Morgan fingerprint density at radius 2 is 2.17 bits per heavy atom. The molecule has 0 saturated carbocycles. The Kier molecular flexibility index (Phi) is 5.84. The van der Waals surface area contributed by atoms with Crippen molar-refractivity contribution in [2.45, 2.75) is 25.8 Å². The van der Waals surface area contributed by atoms with Gasteiger partial charge in [-0.3, -0.25) is 9.69 Å². The summed E-state index contributed by atoms with van der Waals surface area (Å²) in [5, 5.41) is 15.4. The molecule has 5 heteroatoms. The van der Waals surface area contributed by atoms with E-state index in [-0.39, 0.29) is 11.8 Å². The number of likely N-dealkylation sites (tertiary alicyclic amines) is 1. The fraction of sp³-hybridized carbons (Fsp3) is 0.579. The first-order chi connectivity index (χ1) is 11.7. The fourth-order valence-corrected chi connectivity index (χ4v) is 3.69. The molecule has 128 valence electrons. The van der Waals surface area contributed by atoms with Crippen LogP contribution in [0.4, 0.5) is 0 Å². The van der Waals surface area contributed by atoms with Crippen molar-refractivity contribution in [2.24, 2.45) is 11.8 Å². The van der Waals surface area contributed by atoms with Crippen molar-refractivity contribution in [3.63, 3.8) is 0 Å². The highest BCUT2D eigenvalue weighted by molar-refractivity contribution is 5.78. The van der Waals surface area contributed by atoms with Crippen molar-refractivity contribution in [2.75, 3.05) is 32.7 Å². The molecule has 24 heavy (non-hydrogen) atoms. The van der Waals surface area contributed by atoms with E-state index < -0.39 is 0 Å². The number of piperidine rings is 1. The molecule has 0 spiro atoms. The second-order valence-electron chi connectivity index (χ2n) is 6.97. The maximum Gasteiger partial charge on any atom is 0.223 e. The second-order valence-corrected chi connectivity index (χ2v) is 6.97. The predicted molar refractivity (Wildman–Crippen MR) is 93.1 cm³/mol. The van der Waals surface area contributed by atoms with Gasteiger partial charge in [-0.25, -0.2) is 0 Å². The van der Waals surface area contributed by atoms with E-state index in [1.165, 1.54) is 5.56 Å². The van der Waals surface area contributed by atoms with Crippen LogP contribution < -0.4 is 10.6 Å². The number of nitrogens with zero attached hydrogens (tertiary/aromatic N) is 2. The van der Waals surface area contributed by atoms with Crippen LogP contribution in [0, 0.1) is 23.2 Å². The quantitative estimate of drug-likeness (QED) is 0.860. The minimum absolute atomic E-state index is 0.192. The van der Waals surface area contributed by atoms with Crippen molar-refractivity contribution < 1.29 is 4.79 Å². The van der Waals surface area contributed by atoms with Gasteiger partial charge in [-0.15, -0.1) is 0 Å². The first-order valence-corrected chi connectivity index (χ1v) is 8.94. The third-order valence-electron chi connectivity index (χ3n) is 5.11. The Morgan fingerprint density at radius 3 is 2.96 bits per heavy atom. The molecule has 3 rings (SSSR count). The zero-order valence-electron chi connectivity index (χ0n) is 14.1. The minimum atomic E-state index is 0.192. The van der Waals surface area contributed by atoms with Gasteiger partial charge in [0.1, 0.15) is 0 Å². The summed E-state index contributed by atoms with van der Waals surface area (Å²) in [5.41, 5.74) is 1.91. The lowest BCUT2D eigenvalue weighted by atomic mass is 9.97. The fourth-order valence-electron chi connectivity index (χ4n) is 3.69. The van der Waals surface area contributed by atoms with E-state index in [0.29, 0.717) is 5.92 Å². The predicted octanol–water partition coefficient (Wildman–Crippen LogP) is 1.50. The summed E-state index contributed by atoms with van der Waals surface area (Å²) in [7, 11) is 0. The number of benzene rings is 1. The maximum atomic E-state index is 12.2.